The van der Waals surface area contributed by atoms with E-state index in [9.17, 15) is 13.2 Å². The summed E-state index contributed by atoms with van der Waals surface area (Å²) in [6.45, 7) is 5.47. The predicted molar refractivity (Wildman–Crippen MR) is 120 cm³/mol. The summed E-state index contributed by atoms with van der Waals surface area (Å²) < 4.78 is 33.1. The highest BCUT2D eigenvalue weighted by Crippen LogP contribution is 2.28. The molecule has 6 nitrogen and oxygen atoms in total. The van der Waals surface area contributed by atoms with Gasteiger partial charge in [0.2, 0.25) is 5.91 Å². The molecule has 3 rings (SSSR count). The van der Waals surface area contributed by atoms with Crippen molar-refractivity contribution < 1.29 is 17.9 Å². The van der Waals surface area contributed by atoms with Gasteiger partial charge in [-0.05, 0) is 37.6 Å². The molecule has 0 N–H and O–H groups in total. The van der Waals surface area contributed by atoms with E-state index in [0.717, 1.165) is 15.8 Å². The molecule has 30 heavy (non-hydrogen) atoms. The second kappa shape index (κ2) is 9.87. The number of amides is 1. The van der Waals surface area contributed by atoms with Crippen LogP contribution in [0.3, 0.4) is 0 Å². The molecule has 0 aliphatic heterocycles. The predicted octanol–water partition coefficient (Wildman–Crippen LogP) is 3.99. The lowest BCUT2D eigenvalue weighted by molar-refractivity contribution is -0.117. The summed E-state index contributed by atoms with van der Waals surface area (Å²) in [5.41, 5.74) is 1.93. The van der Waals surface area contributed by atoms with Crippen LogP contribution in [0.15, 0.2) is 52.4 Å². The minimum Gasteiger partial charge on any atom is -0.380 e. The summed E-state index contributed by atoms with van der Waals surface area (Å²) in [4.78, 5) is 17.4. The van der Waals surface area contributed by atoms with Gasteiger partial charge in [0.25, 0.3) is 0 Å². The summed E-state index contributed by atoms with van der Waals surface area (Å²) in [5, 5.41) is 0.589. The minimum atomic E-state index is -3.54. The molecular weight excluding hydrogens is 444 g/mol. The fourth-order valence-corrected chi connectivity index (χ4v) is 5.72. The Morgan fingerprint density at radius 1 is 1.20 bits per heavy atom. The normalized spacial score (nSPS) is 12.6. The number of aromatic nitrogens is 1. The summed E-state index contributed by atoms with van der Waals surface area (Å²) >= 11 is 7.68. The average molecular weight is 467 g/mol. The molecule has 9 heteroatoms. The van der Waals surface area contributed by atoms with Crippen LogP contribution < -0.4 is 4.80 Å². The SMILES string of the molecule is CCOCCn1c(=NC(=O)CCS(=O)(=O)c2ccccc2)sc2c(Cl)ccc(C)c21. The van der Waals surface area contributed by atoms with Crippen molar-refractivity contribution in [1.82, 2.24) is 4.57 Å². The van der Waals surface area contributed by atoms with Crippen LogP contribution in [0.5, 0.6) is 0 Å². The Morgan fingerprint density at radius 3 is 2.63 bits per heavy atom. The second-order valence-electron chi connectivity index (χ2n) is 6.66. The van der Waals surface area contributed by atoms with E-state index in [4.69, 9.17) is 16.3 Å². The number of fused-ring (bicyclic) bond motifs is 1. The Hall–Kier alpha value is -2.00. The van der Waals surface area contributed by atoms with Gasteiger partial charge in [-0.1, -0.05) is 47.2 Å². The number of rotatable bonds is 8. The minimum absolute atomic E-state index is 0.191. The molecule has 0 radical (unpaired) electrons. The van der Waals surface area contributed by atoms with Gasteiger partial charge in [0.15, 0.2) is 14.6 Å². The first-order valence-corrected chi connectivity index (χ1v) is 12.4. The van der Waals surface area contributed by atoms with Crippen LogP contribution in [0.25, 0.3) is 10.2 Å². The largest absolute Gasteiger partial charge is 0.380 e. The van der Waals surface area contributed by atoms with Gasteiger partial charge in [0.05, 0.1) is 32.5 Å². The summed E-state index contributed by atoms with van der Waals surface area (Å²) in [7, 11) is -3.54. The lowest BCUT2D eigenvalue weighted by atomic mass is 10.2. The third-order valence-corrected chi connectivity index (χ3v) is 7.82. The van der Waals surface area contributed by atoms with Crippen molar-refractivity contribution in [3.8, 4) is 0 Å². The molecule has 160 valence electrons. The lowest BCUT2D eigenvalue weighted by Gasteiger charge is -2.08. The third-order valence-electron chi connectivity index (χ3n) is 4.55. The molecule has 0 fully saturated rings. The number of aryl methyl sites for hydroxylation is 1. The highest BCUT2D eigenvalue weighted by Gasteiger charge is 2.17. The average Bonchev–Trinajstić information content (AvgIpc) is 3.09. The van der Waals surface area contributed by atoms with E-state index in [2.05, 4.69) is 4.99 Å². The van der Waals surface area contributed by atoms with Gasteiger partial charge in [0.1, 0.15) is 0 Å². The Balaban J connectivity index is 1.91. The van der Waals surface area contributed by atoms with Crippen LogP contribution in [-0.4, -0.2) is 37.9 Å². The number of carbonyl (C=O) groups excluding carboxylic acids is 1. The van der Waals surface area contributed by atoms with Crippen molar-refractivity contribution >= 4 is 48.9 Å². The highest BCUT2D eigenvalue weighted by atomic mass is 35.5. The van der Waals surface area contributed by atoms with Crippen LogP contribution in [0, 0.1) is 6.92 Å². The Kier molecular flexibility index (Phi) is 7.46. The number of carbonyl (C=O) groups is 1. The Morgan fingerprint density at radius 2 is 1.93 bits per heavy atom. The van der Waals surface area contributed by atoms with Crippen molar-refractivity contribution in [2.75, 3.05) is 19.0 Å². The van der Waals surface area contributed by atoms with Crippen molar-refractivity contribution in [2.24, 2.45) is 4.99 Å². The molecule has 0 aliphatic rings. The van der Waals surface area contributed by atoms with E-state index in [1.165, 1.54) is 23.5 Å². The molecule has 0 aliphatic carbocycles. The second-order valence-corrected chi connectivity index (χ2v) is 10.2. The van der Waals surface area contributed by atoms with Gasteiger partial charge in [-0.25, -0.2) is 8.42 Å². The number of hydrogen-bond acceptors (Lipinski definition) is 5. The van der Waals surface area contributed by atoms with Gasteiger partial charge < -0.3 is 9.30 Å². The first-order chi connectivity index (χ1) is 14.3. The smallest absolute Gasteiger partial charge is 0.249 e. The van der Waals surface area contributed by atoms with E-state index in [0.29, 0.717) is 29.6 Å². The van der Waals surface area contributed by atoms with Gasteiger partial charge in [-0.3, -0.25) is 4.79 Å². The van der Waals surface area contributed by atoms with Crippen LogP contribution in [0.4, 0.5) is 0 Å². The summed E-state index contributed by atoms with van der Waals surface area (Å²) in [5.74, 6) is -0.775. The quantitative estimate of drug-likeness (QED) is 0.470. The molecule has 1 heterocycles. The fraction of sp³-hybridized carbons (Fsp3) is 0.333. The zero-order chi connectivity index (χ0) is 21.7. The van der Waals surface area contributed by atoms with Crippen molar-refractivity contribution in [3.05, 3.63) is 57.9 Å². The van der Waals surface area contributed by atoms with Crippen molar-refractivity contribution in [2.45, 2.75) is 31.7 Å². The first-order valence-electron chi connectivity index (χ1n) is 9.55. The van der Waals surface area contributed by atoms with Gasteiger partial charge in [-0.15, -0.1) is 0 Å². The molecule has 1 aromatic heterocycles. The number of halogens is 1. The molecule has 2 aromatic carbocycles. The third kappa shape index (κ3) is 5.18. The maximum Gasteiger partial charge on any atom is 0.249 e. The summed E-state index contributed by atoms with van der Waals surface area (Å²) in [6.07, 6.45) is -0.191. The molecule has 0 saturated heterocycles. The van der Waals surface area contributed by atoms with Gasteiger partial charge in [0, 0.05) is 19.6 Å². The topological polar surface area (TPSA) is 77.7 Å². The molecule has 0 atom stereocenters. The molecule has 0 spiro atoms. The zero-order valence-corrected chi connectivity index (χ0v) is 19.2. The Bertz CT molecular complexity index is 1220. The molecule has 0 bridgehead atoms. The van der Waals surface area contributed by atoms with E-state index >= 15 is 0 Å². The zero-order valence-electron chi connectivity index (χ0n) is 16.8. The maximum atomic E-state index is 12.5. The number of nitrogens with zero attached hydrogens (tertiary/aromatic N) is 2. The number of sulfone groups is 1. The number of thiazole rings is 1. The van der Waals surface area contributed by atoms with Crippen molar-refractivity contribution in [1.29, 1.82) is 0 Å². The molecule has 1 amide bonds. The fourth-order valence-electron chi connectivity index (χ4n) is 3.04. The van der Waals surface area contributed by atoms with Crippen LogP contribution >= 0.6 is 22.9 Å². The van der Waals surface area contributed by atoms with Gasteiger partial charge in [-0.2, -0.15) is 4.99 Å². The Labute approximate surface area is 184 Å². The molecule has 0 saturated carbocycles. The van der Waals surface area contributed by atoms with Crippen LogP contribution in [-0.2, 0) is 25.9 Å². The monoisotopic (exact) mass is 466 g/mol. The van der Waals surface area contributed by atoms with Gasteiger partial charge >= 0.3 is 0 Å². The standard InChI is InChI=1S/C21H23ClN2O4S2/c1-3-28-13-12-24-19-15(2)9-10-17(22)20(19)29-21(24)23-18(25)11-14-30(26,27)16-7-5-4-6-8-16/h4-10H,3,11-14H2,1-2H3. The number of benzene rings is 2. The number of hydrogen-bond donors (Lipinski definition) is 0. The molecular formula is C21H23ClN2O4S2. The van der Waals surface area contributed by atoms with E-state index in [-0.39, 0.29) is 17.1 Å². The van der Waals surface area contributed by atoms with Crippen LogP contribution in [0.1, 0.15) is 18.9 Å². The van der Waals surface area contributed by atoms with E-state index in [1.807, 2.05) is 30.5 Å². The molecule has 0 unspecified atom stereocenters. The van der Waals surface area contributed by atoms with E-state index in [1.54, 1.807) is 18.2 Å². The van der Waals surface area contributed by atoms with E-state index < -0.39 is 15.7 Å². The number of ether oxygens (including phenoxy) is 1. The maximum absolute atomic E-state index is 12.5. The lowest BCUT2D eigenvalue weighted by Crippen LogP contribution is -2.20. The summed E-state index contributed by atoms with van der Waals surface area (Å²) in [6, 6.07) is 11.8. The molecule has 3 aromatic rings. The van der Waals surface area contributed by atoms with Crippen molar-refractivity contribution in [3.63, 3.8) is 0 Å². The van der Waals surface area contributed by atoms with Crippen LogP contribution in [0.2, 0.25) is 5.02 Å². The first kappa shape index (κ1) is 22.7. The highest BCUT2D eigenvalue weighted by molar-refractivity contribution is 7.91.